The SMILES string of the molecule is CC(C)(C)OC(=O)N1CCCN(c2ccc3c(n2)N(C(=O)Nc2ccncn2)C2CCN3CC2)CC1.O=C(Nc1ccncn1)N1c2nc(N3CCCNCC3)ccc2N2CCC1CC2. The Kier molecular flexibility index (Phi) is 12.9. The molecule has 12 heterocycles. The Morgan fingerprint density at radius 2 is 1.12 bits per heavy atom. The summed E-state index contributed by atoms with van der Waals surface area (Å²) in [5, 5.41) is 9.27. The molecule has 0 unspecified atom stereocenters. The van der Waals surface area contributed by atoms with E-state index in [2.05, 4.69) is 73.7 Å². The van der Waals surface area contributed by atoms with E-state index in [-0.39, 0.29) is 30.2 Å². The van der Waals surface area contributed by atoms with E-state index in [0.29, 0.717) is 37.1 Å². The minimum absolute atomic E-state index is 0.0684. The first-order valence-corrected chi connectivity index (χ1v) is 23.0. The first-order chi connectivity index (χ1) is 31.6. The van der Waals surface area contributed by atoms with Gasteiger partial charge in [-0.2, -0.15) is 0 Å². The number of anilines is 8. The van der Waals surface area contributed by atoms with Crippen molar-refractivity contribution in [3.05, 3.63) is 61.4 Å². The number of piperidine rings is 2. The minimum Gasteiger partial charge on any atom is -0.444 e. The number of ether oxygens (including phenoxy) is 1. The molecule has 4 fully saturated rings. The van der Waals surface area contributed by atoms with E-state index in [4.69, 9.17) is 14.7 Å². The maximum atomic E-state index is 13.5. The van der Waals surface area contributed by atoms with Gasteiger partial charge in [-0.3, -0.25) is 20.4 Å². The fourth-order valence-electron chi connectivity index (χ4n) is 9.46. The van der Waals surface area contributed by atoms with Crippen LogP contribution in [0.15, 0.2) is 61.4 Å². The standard InChI is InChI=1S/C25H34N8O3.C20H26N8O/c1-25(2,3)36-24(35)32-12-4-11-31(15-16-32)21-6-5-19-22(29-21)33(18-8-13-30(19)14-9-18)23(34)28-20-7-10-26-17-27-20;29-20(24-17-4-8-22-14-23-17)28-15-5-11-26(12-6-15)16-2-3-18(25-19(16)28)27-10-1-7-21-9-13-27/h5-7,10,17-18H,4,8-9,11-16H2,1-3H3,(H,26,27,28,34);2-4,8,14-15,21H,1,5-7,9-13H2,(H,22,23,24,29). The van der Waals surface area contributed by atoms with Crippen molar-refractivity contribution in [1.82, 2.24) is 40.1 Å². The molecule has 12 rings (SSSR count). The van der Waals surface area contributed by atoms with Crippen LogP contribution in [-0.4, -0.2) is 149 Å². The van der Waals surface area contributed by atoms with Gasteiger partial charge in [0.1, 0.15) is 41.5 Å². The summed E-state index contributed by atoms with van der Waals surface area (Å²) in [6.45, 7) is 15.8. The van der Waals surface area contributed by atoms with Crippen molar-refractivity contribution in [2.75, 3.05) is 119 Å². The summed E-state index contributed by atoms with van der Waals surface area (Å²) in [4.78, 5) is 80.1. The topological polar surface area (TPSA) is 197 Å². The van der Waals surface area contributed by atoms with Gasteiger partial charge in [-0.05, 0) is 102 Å². The van der Waals surface area contributed by atoms with Crippen molar-refractivity contribution in [1.29, 1.82) is 0 Å². The number of amides is 5. The molecule has 0 spiro atoms. The van der Waals surface area contributed by atoms with Crippen LogP contribution in [-0.2, 0) is 4.74 Å². The number of urea groups is 2. The molecule has 4 saturated heterocycles. The van der Waals surface area contributed by atoms with E-state index >= 15 is 0 Å². The van der Waals surface area contributed by atoms with E-state index in [9.17, 15) is 14.4 Å². The lowest BCUT2D eigenvalue weighted by molar-refractivity contribution is 0.0263. The van der Waals surface area contributed by atoms with E-state index in [1.165, 1.54) is 12.7 Å². The van der Waals surface area contributed by atoms with Crippen LogP contribution in [0.4, 0.5) is 60.7 Å². The Labute approximate surface area is 379 Å². The van der Waals surface area contributed by atoms with Crippen LogP contribution in [0, 0.1) is 0 Å². The molecule has 4 bridgehead atoms. The summed E-state index contributed by atoms with van der Waals surface area (Å²) >= 11 is 0. The highest BCUT2D eigenvalue weighted by Crippen LogP contribution is 2.41. The van der Waals surface area contributed by atoms with E-state index < -0.39 is 5.60 Å². The molecule has 344 valence electrons. The lowest BCUT2D eigenvalue weighted by Crippen LogP contribution is -2.46. The molecule has 8 aliphatic heterocycles. The monoisotopic (exact) mass is 888 g/mol. The van der Waals surface area contributed by atoms with Crippen LogP contribution in [0.2, 0.25) is 0 Å². The molecule has 0 atom stereocenters. The maximum Gasteiger partial charge on any atom is 0.410 e. The number of fused-ring (bicyclic) bond motifs is 4. The predicted molar refractivity (Wildman–Crippen MR) is 250 cm³/mol. The zero-order valence-corrected chi connectivity index (χ0v) is 37.6. The van der Waals surface area contributed by atoms with Crippen LogP contribution in [0.1, 0.15) is 59.3 Å². The zero-order chi connectivity index (χ0) is 44.9. The Morgan fingerprint density at radius 3 is 1.63 bits per heavy atom. The van der Waals surface area contributed by atoms with E-state index in [1.807, 2.05) is 31.7 Å². The molecule has 0 saturated carbocycles. The number of nitrogens with zero attached hydrogens (tertiary/aromatic N) is 13. The van der Waals surface area contributed by atoms with Gasteiger partial charge in [-0.25, -0.2) is 44.3 Å². The molecule has 5 amide bonds. The predicted octanol–water partition coefficient (Wildman–Crippen LogP) is 5.03. The quantitative estimate of drug-likeness (QED) is 0.247. The second-order valence-corrected chi connectivity index (χ2v) is 18.1. The molecule has 20 nitrogen and oxygen atoms in total. The first-order valence-electron chi connectivity index (χ1n) is 23.0. The smallest absolute Gasteiger partial charge is 0.410 e. The molecule has 65 heavy (non-hydrogen) atoms. The molecule has 0 aromatic carbocycles. The van der Waals surface area contributed by atoms with Gasteiger partial charge in [0.15, 0.2) is 11.6 Å². The van der Waals surface area contributed by atoms with Crippen molar-refractivity contribution in [3.8, 4) is 0 Å². The fourth-order valence-corrected chi connectivity index (χ4v) is 9.46. The van der Waals surface area contributed by atoms with Gasteiger partial charge >= 0.3 is 18.2 Å². The molecule has 0 radical (unpaired) electrons. The fraction of sp³-hybridized carbons (Fsp3) is 0.533. The number of rotatable bonds is 4. The Morgan fingerprint density at radius 1 is 0.600 bits per heavy atom. The molecule has 4 aromatic heterocycles. The van der Waals surface area contributed by atoms with Crippen molar-refractivity contribution < 1.29 is 19.1 Å². The molecule has 4 aromatic rings. The summed E-state index contributed by atoms with van der Waals surface area (Å²) in [5.41, 5.74) is 1.49. The Bertz CT molecular complexity index is 2280. The molecular weight excluding hydrogens is 829 g/mol. The molecule has 8 aliphatic rings. The largest absolute Gasteiger partial charge is 0.444 e. The zero-order valence-electron chi connectivity index (χ0n) is 37.6. The van der Waals surface area contributed by atoms with Crippen LogP contribution < -0.4 is 45.3 Å². The molecule has 0 aliphatic carbocycles. The number of hydrogen-bond acceptors (Lipinski definition) is 15. The van der Waals surface area contributed by atoms with Crippen molar-refractivity contribution in [3.63, 3.8) is 0 Å². The molecular formula is C45H60N16O4. The van der Waals surface area contributed by atoms with Crippen molar-refractivity contribution >= 4 is 64.4 Å². The van der Waals surface area contributed by atoms with Gasteiger partial charge in [-0.1, -0.05) is 0 Å². The second kappa shape index (κ2) is 19.3. The summed E-state index contributed by atoms with van der Waals surface area (Å²) in [6, 6.07) is 11.5. The summed E-state index contributed by atoms with van der Waals surface area (Å²) in [7, 11) is 0. The number of carbonyl (C=O) groups excluding carboxylic acids is 3. The van der Waals surface area contributed by atoms with Gasteiger partial charge in [0.2, 0.25) is 0 Å². The highest BCUT2D eigenvalue weighted by Gasteiger charge is 2.39. The van der Waals surface area contributed by atoms with Gasteiger partial charge in [0.25, 0.3) is 0 Å². The Hall–Kier alpha value is -6.57. The third kappa shape index (κ3) is 10.1. The average molecular weight is 889 g/mol. The van der Waals surface area contributed by atoms with Gasteiger partial charge in [-0.15, -0.1) is 0 Å². The van der Waals surface area contributed by atoms with Crippen LogP contribution in [0.25, 0.3) is 0 Å². The van der Waals surface area contributed by atoms with E-state index in [1.54, 1.807) is 34.3 Å². The first kappa shape index (κ1) is 43.7. The van der Waals surface area contributed by atoms with Crippen LogP contribution in [0.3, 0.4) is 0 Å². The lowest BCUT2D eigenvalue weighted by Gasteiger charge is -2.31. The lowest BCUT2D eigenvalue weighted by atomic mass is 10.1. The third-order valence-electron chi connectivity index (χ3n) is 12.7. The molecule has 20 heteroatoms. The number of hydrogen-bond donors (Lipinski definition) is 3. The highest BCUT2D eigenvalue weighted by molar-refractivity contribution is 6.04. The van der Waals surface area contributed by atoms with E-state index in [0.717, 1.165) is 126 Å². The van der Waals surface area contributed by atoms with Gasteiger partial charge in [0.05, 0.1) is 11.4 Å². The third-order valence-corrected chi connectivity index (χ3v) is 12.7. The summed E-state index contributed by atoms with van der Waals surface area (Å²) in [6.07, 6.45) is 11.4. The number of nitrogens with one attached hydrogen (secondary N) is 3. The normalized spacial score (nSPS) is 18.9. The Balaban J connectivity index is 0.000000168. The molecule has 3 N–H and O–H groups in total. The average Bonchev–Trinajstić information content (AvgIpc) is 3.92. The number of pyridine rings is 2. The second-order valence-electron chi connectivity index (χ2n) is 18.1. The number of aromatic nitrogens is 6. The highest BCUT2D eigenvalue weighted by atomic mass is 16.6. The maximum absolute atomic E-state index is 13.5. The van der Waals surface area contributed by atoms with Crippen LogP contribution >= 0.6 is 0 Å². The van der Waals surface area contributed by atoms with Gasteiger partial charge in [0, 0.05) is 96.5 Å². The van der Waals surface area contributed by atoms with Gasteiger partial charge < -0.3 is 34.6 Å². The summed E-state index contributed by atoms with van der Waals surface area (Å²) in [5.74, 6) is 4.14. The van der Waals surface area contributed by atoms with Crippen LogP contribution in [0.5, 0.6) is 0 Å². The number of carbonyl (C=O) groups is 3. The van der Waals surface area contributed by atoms with Crippen molar-refractivity contribution in [2.45, 2.75) is 77.0 Å². The minimum atomic E-state index is -0.522. The summed E-state index contributed by atoms with van der Waals surface area (Å²) < 4.78 is 5.57. The van der Waals surface area contributed by atoms with Crippen molar-refractivity contribution in [2.24, 2.45) is 0 Å².